The number of amides is 1. The number of aliphatic hydroxyl groups excluding tert-OH is 2. The fraction of sp³-hybridized carbons (Fsp3) is 0.412. The molecule has 0 spiro atoms. The van der Waals surface area contributed by atoms with Gasteiger partial charge >= 0.3 is 0 Å². The highest BCUT2D eigenvalue weighted by Crippen LogP contribution is 2.34. The molecule has 2 aromatic rings. The molecule has 3 atom stereocenters. The number of hydrogen-bond acceptors (Lipinski definition) is 6. The van der Waals surface area contributed by atoms with E-state index in [9.17, 15) is 9.90 Å². The topological polar surface area (TPSA) is 91.7 Å². The van der Waals surface area contributed by atoms with Gasteiger partial charge < -0.3 is 20.3 Å². The summed E-state index contributed by atoms with van der Waals surface area (Å²) in [7, 11) is 0. The van der Waals surface area contributed by atoms with Crippen LogP contribution in [0.4, 0.5) is 0 Å². The molecule has 1 aromatic carbocycles. The molecular formula is C17H20N2O4S. The Morgan fingerprint density at radius 2 is 2.25 bits per heavy atom. The highest BCUT2D eigenvalue weighted by Gasteiger charge is 2.36. The van der Waals surface area contributed by atoms with Crippen molar-refractivity contribution >= 4 is 17.2 Å². The third-order valence-corrected chi connectivity index (χ3v) is 5.07. The molecular weight excluding hydrogens is 328 g/mol. The molecule has 1 fully saturated rings. The summed E-state index contributed by atoms with van der Waals surface area (Å²) in [5, 5.41) is 24.1. The molecule has 24 heavy (non-hydrogen) atoms. The van der Waals surface area contributed by atoms with Crippen molar-refractivity contribution in [3.05, 3.63) is 51.5 Å². The Morgan fingerprint density at radius 1 is 1.46 bits per heavy atom. The van der Waals surface area contributed by atoms with E-state index in [0.29, 0.717) is 23.7 Å². The number of carbonyl (C=O) groups excluding carboxylic acids is 1. The summed E-state index contributed by atoms with van der Waals surface area (Å²) in [5.74, 6) is -0.238. The van der Waals surface area contributed by atoms with Gasteiger partial charge in [-0.25, -0.2) is 4.98 Å². The van der Waals surface area contributed by atoms with Gasteiger partial charge in [-0.15, -0.1) is 11.3 Å². The number of nitrogens with one attached hydrogen (secondary N) is 1. The zero-order chi connectivity index (χ0) is 17.1. The molecule has 0 bridgehead atoms. The molecule has 1 amide bonds. The minimum absolute atomic E-state index is 0.229. The Balaban J connectivity index is 1.61. The number of ether oxygens (including phenoxy) is 1. The Hall–Kier alpha value is -1.80. The highest BCUT2D eigenvalue weighted by molar-refractivity contribution is 7.09. The maximum atomic E-state index is 12.2. The largest absolute Gasteiger partial charge is 0.394 e. The van der Waals surface area contributed by atoms with Gasteiger partial charge in [0.1, 0.15) is 22.9 Å². The minimum Gasteiger partial charge on any atom is -0.394 e. The van der Waals surface area contributed by atoms with Gasteiger partial charge in [0, 0.05) is 18.3 Å². The quantitative estimate of drug-likeness (QED) is 0.763. The number of carbonyl (C=O) groups is 1. The summed E-state index contributed by atoms with van der Waals surface area (Å²) in [6.07, 6.45) is -1.29. The van der Waals surface area contributed by atoms with Gasteiger partial charge in [-0.1, -0.05) is 24.3 Å². The van der Waals surface area contributed by atoms with Crippen LogP contribution in [0.3, 0.4) is 0 Å². The Kier molecular flexibility index (Phi) is 5.25. The predicted molar refractivity (Wildman–Crippen MR) is 89.8 cm³/mol. The number of rotatable bonds is 5. The van der Waals surface area contributed by atoms with Crippen molar-refractivity contribution in [1.82, 2.24) is 10.3 Å². The molecule has 3 rings (SSSR count). The van der Waals surface area contributed by atoms with Crippen LogP contribution in [0.2, 0.25) is 0 Å². The van der Waals surface area contributed by atoms with Gasteiger partial charge in [0.2, 0.25) is 0 Å². The lowest BCUT2D eigenvalue weighted by molar-refractivity contribution is -0.0226. The molecule has 128 valence electrons. The van der Waals surface area contributed by atoms with Crippen molar-refractivity contribution in [1.29, 1.82) is 0 Å². The Bertz CT molecular complexity index is 718. The number of aromatic nitrogens is 1. The van der Waals surface area contributed by atoms with Crippen molar-refractivity contribution < 1.29 is 19.7 Å². The van der Waals surface area contributed by atoms with Crippen molar-refractivity contribution in [2.24, 2.45) is 0 Å². The first-order valence-corrected chi connectivity index (χ1v) is 8.69. The van der Waals surface area contributed by atoms with Gasteiger partial charge in [0.05, 0.1) is 12.7 Å². The van der Waals surface area contributed by atoms with Crippen LogP contribution >= 0.6 is 11.3 Å². The normalized spacial score (nSPS) is 23.4. The second kappa shape index (κ2) is 7.40. The average molecular weight is 348 g/mol. The van der Waals surface area contributed by atoms with Gasteiger partial charge in [0.25, 0.3) is 5.91 Å². The van der Waals surface area contributed by atoms with Crippen LogP contribution in [-0.2, 0) is 11.3 Å². The maximum absolute atomic E-state index is 12.2. The Morgan fingerprint density at radius 3 is 2.96 bits per heavy atom. The Labute approximate surface area is 144 Å². The van der Waals surface area contributed by atoms with E-state index in [1.165, 1.54) is 11.3 Å². The molecule has 7 heteroatoms. The van der Waals surface area contributed by atoms with Gasteiger partial charge in [0.15, 0.2) is 0 Å². The molecule has 1 aliphatic heterocycles. The first-order valence-electron chi connectivity index (χ1n) is 7.81. The number of aryl methyl sites for hydroxylation is 1. The second-order valence-corrected chi connectivity index (χ2v) is 6.72. The SMILES string of the molecule is Cc1ccccc1CNC(=O)c1csc([C@H]2C[C@H](O)[C@@H](CO)O2)n1. The number of benzene rings is 1. The molecule has 2 heterocycles. The predicted octanol–water partition coefficient (Wildman–Crippen LogP) is 1.56. The summed E-state index contributed by atoms with van der Waals surface area (Å²) in [6.45, 7) is 2.22. The highest BCUT2D eigenvalue weighted by atomic mass is 32.1. The smallest absolute Gasteiger partial charge is 0.271 e. The van der Waals surface area contributed by atoms with Crippen LogP contribution in [0.25, 0.3) is 0 Å². The van der Waals surface area contributed by atoms with E-state index in [-0.39, 0.29) is 18.6 Å². The third-order valence-electron chi connectivity index (χ3n) is 4.13. The molecule has 3 N–H and O–H groups in total. The van der Waals surface area contributed by atoms with E-state index in [1.54, 1.807) is 5.38 Å². The molecule has 6 nitrogen and oxygen atoms in total. The van der Waals surface area contributed by atoms with Crippen molar-refractivity contribution in [2.75, 3.05) is 6.61 Å². The van der Waals surface area contributed by atoms with E-state index in [4.69, 9.17) is 9.84 Å². The fourth-order valence-corrected chi connectivity index (χ4v) is 3.51. The van der Waals surface area contributed by atoms with E-state index < -0.39 is 12.2 Å². The lowest BCUT2D eigenvalue weighted by atomic mass is 10.1. The van der Waals surface area contributed by atoms with Crippen LogP contribution < -0.4 is 5.32 Å². The van der Waals surface area contributed by atoms with E-state index in [2.05, 4.69) is 10.3 Å². The summed E-state index contributed by atoms with van der Waals surface area (Å²) in [5.41, 5.74) is 2.53. The molecule has 0 radical (unpaired) electrons. The average Bonchev–Trinajstić information content (AvgIpc) is 3.20. The number of aliphatic hydroxyl groups is 2. The van der Waals surface area contributed by atoms with E-state index >= 15 is 0 Å². The van der Waals surface area contributed by atoms with Gasteiger partial charge in [-0.05, 0) is 18.1 Å². The summed E-state index contributed by atoms with van der Waals surface area (Å²) in [6, 6.07) is 7.88. The molecule has 1 saturated heterocycles. The molecule has 0 aliphatic carbocycles. The number of nitrogens with zero attached hydrogens (tertiary/aromatic N) is 1. The summed E-state index contributed by atoms with van der Waals surface area (Å²) < 4.78 is 5.56. The van der Waals surface area contributed by atoms with Crippen molar-refractivity contribution in [2.45, 2.75) is 38.2 Å². The standard InChI is InChI=1S/C17H20N2O4S/c1-10-4-2-3-5-11(10)7-18-16(22)12-9-24-17(19-12)14-6-13(21)15(8-20)23-14/h2-5,9,13-15,20-21H,6-8H2,1H3,(H,18,22)/t13-,14+,15+/m0/s1. The van der Waals surface area contributed by atoms with Crippen molar-refractivity contribution in [3.63, 3.8) is 0 Å². The monoisotopic (exact) mass is 348 g/mol. The lowest BCUT2D eigenvalue weighted by Gasteiger charge is -2.10. The van der Waals surface area contributed by atoms with E-state index in [0.717, 1.165) is 11.1 Å². The first-order chi connectivity index (χ1) is 11.6. The summed E-state index contributed by atoms with van der Waals surface area (Å²) >= 11 is 1.32. The maximum Gasteiger partial charge on any atom is 0.271 e. The zero-order valence-electron chi connectivity index (χ0n) is 13.3. The third kappa shape index (κ3) is 3.64. The number of thiazole rings is 1. The van der Waals surface area contributed by atoms with E-state index in [1.807, 2.05) is 31.2 Å². The first kappa shape index (κ1) is 17.0. The molecule has 0 unspecified atom stereocenters. The van der Waals surface area contributed by atoms with Crippen LogP contribution in [-0.4, -0.2) is 39.9 Å². The van der Waals surface area contributed by atoms with Crippen LogP contribution in [0.1, 0.15) is 39.1 Å². The minimum atomic E-state index is -0.706. The van der Waals surface area contributed by atoms with Crippen LogP contribution in [0.5, 0.6) is 0 Å². The fourth-order valence-electron chi connectivity index (χ4n) is 2.67. The van der Waals surface area contributed by atoms with Crippen LogP contribution in [0, 0.1) is 6.92 Å². The number of hydrogen-bond donors (Lipinski definition) is 3. The summed E-state index contributed by atoms with van der Waals surface area (Å²) in [4.78, 5) is 16.6. The van der Waals surface area contributed by atoms with Gasteiger partial charge in [-0.3, -0.25) is 4.79 Å². The second-order valence-electron chi connectivity index (χ2n) is 5.83. The molecule has 1 aliphatic rings. The van der Waals surface area contributed by atoms with Crippen molar-refractivity contribution in [3.8, 4) is 0 Å². The molecule has 0 saturated carbocycles. The zero-order valence-corrected chi connectivity index (χ0v) is 14.1. The molecule has 1 aromatic heterocycles. The van der Waals surface area contributed by atoms with Crippen LogP contribution in [0.15, 0.2) is 29.6 Å². The van der Waals surface area contributed by atoms with Gasteiger partial charge in [-0.2, -0.15) is 0 Å². The lowest BCUT2D eigenvalue weighted by Crippen LogP contribution is -2.24.